The minimum absolute atomic E-state index is 0.167. The first-order valence-corrected chi connectivity index (χ1v) is 58.1. The van der Waals surface area contributed by atoms with Crippen LogP contribution in [0.3, 0.4) is 0 Å². The van der Waals surface area contributed by atoms with Gasteiger partial charge < -0.3 is 24.0 Å². The molecule has 806 valence electrons. The third-order valence-corrected chi connectivity index (χ3v) is 27.2. The highest BCUT2D eigenvalue weighted by Gasteiger charge is 2.35. The highest BCUT2D eigenvalue weighted by atomic mass is 19.1. The van der Waals surface area contributed by atoms with Crippen molar-refractivity contribution < 1.29 is 51.9 Å². The van der Waals surface area contributed by atoms with Crippen LogP contribution in [0.2, 0.25) is 0 Å². The monoisotopic (exact) mass is 1950 g/mol. The molecule has 11 heteroatoms. The Labute approximate surface area is 860 Å². The number of allylic oxidation sites excluding steroid dienone is 18. The molecular formula is C128H226F2O9. The van der Waals surface area contributed by atoms with Gasteiger partial charge in [0.15, 0.2) is 34.8 Å². The molecule has 0 heterocycles. The van der Waals surface area contributed by atoms with Crippen molar-refractivity contribution in [3.8, 4) is 0 Å². The third kappa shape index (κ3) is 105. The van der Waals surface area contributed by atoms with Crippen LogP contribution in [-0.4, -0.2) is 52.0 Å². The lowest BCUT2D eigenvalue weighted by molar-refractivity contribution is -0.117. The van der Waals surface area contributed by atoms with E-state index < -0.39 is 23.2 Å². The summed E-state index contributed by atoms with van der Waals surface area (Å²) >= 11 is 0. The van der Waals surface area contributed by atoms with Crippen LogP contribution in [0.5, 0.6) is 0 Å². The van der Waals surface area contributed by atoms with E-state index >= 15 is 0 Å². The zero-order valence-corrected chi connectivity index (χ0v) is 95.6. The van der Waals surface area contributed by atoms with Gasteiger partial charge >= 0.3 is 0 Å². The van der Waals surface area contributed by atoms with E-state index in [2.05, 4.69) is 151 Å². The van der Waals surface area contributed by atoms with Crippen LogP contribution in [0.15, 0.2) is 107 Å². The Bertz CT molecular complexity index is 3280. The highest BCUT2D eigenvalue weighted by molar-refractivity contribution is 5.92. The summed E-state index contributed by atoms with van der Waals surface area (Å²) in [6.07, 6.45) is 115. The van der Waals surface area contributed by atoms with E-state index in [1.165, 1.54) is 352 Å². The number of halogens is 2. The van der Waals surface area contributed by atoms with Gasteiger partial charge in [0.1, 0.15) is 28.9 Å². The van der Waals surface area contributed by atoms with Crippen LogP contribution in [0.4, 0.5) is 8.78 Å². The Morgan fingerprint density at radius 1 is 0.259 bits per heavy atom. The first-order chi connectivity index (χ1) is 66.2. The number of hydrogen-bond acceptors (Lipinski definition) is 9. The molecular weight excluding hydrogens is 1720 g/mol. The summed E-state index contributed by atoms with van der Waals surface area (Å²) in [5.41, 5.74) is 5.31. The highest BCUT2D eigenvalue weighted by Crippen LogP contribution is 2.46. The van der Waals surface area contributed by atoms with E-state index in [4.69, 9.17) is 0 Å². The molecule has 9 nitrogen and oxygen atoms in total. The lowest BCUT2D eigenvalue weighted by Crippen LogP contribution is -2.18. The third-order valence-electron chi connectivity index (χ3n) is 27.2. The van der Waals surface area contributed by atoms with E-state index in [-0.39, 0.29) is 22.4 Å². The number of carbonyl (C=O) groups excluding carboxylic acids is 9. The summed E-state index contributed by atoms with van der Waals surface area (Å²) in [5.74, 6) is 2.45. The molecule has 0 aromatic heterocycles. The first-order valence-electron chi connectivity index (χ1n) is 58.1. The molecule has 5 aliphatic carbocycles. The predicted octanol–water partition coefficient (Wildman–Crippen LogP) is 41.2. The molecule has 2 atom stereocenters. The van der Waals surface area contributed by atoms with E-state index in [1.54, 1.807) is 48.5 Å². The van der Waals surface area contributed by atoms with Crippen LogP contribution in [0.25, 0.3) is 0 Å². The van der Waals surface area contributed by atoms with Crippen molar-refractivity contribution in [2.24, 2.45) is 33.5 Å². The van der Waals surface area contributed by atoms with E-state index in [9.17, 15) is 51.9 Å². The van der Waals surface area contributed by atoms with Crippen molar-refractivity contribution in [1.29, 1.82) is 0 Å². The zero-order valence-electron chi connectivity index (χ0n) is 95.6. The quantitative estimate of drug-likeness (QED) is 0.0251. The Kier molecular flexibility index (Phi) is 96.6. The number of Topliss-reactive ketones (excluding diaryl/α,β-unsaturated/α-hetero) is 7. The minimum Gasteiger partial charge on any atom is -0.300 e. The second-order valence-electron chi connectivity index (χ2n) is 45.5. The average molecular weight is 1950 g/mol. The lowest BCUT2D eigenvalue weighted by atomic mass is 9.74. The Morgan fingerprint density at radius 2 is 0.489 bits per heavy atom. The van der Waals surface area contributed by atoms with Crippen molar-refractivity contribution in [2.45, 2.75) is 621 Å². The topological polar surface area (TPSA) is 154 Å². The Balaban J connectivity index is -0.000000741. The van der Waals surface area contributed by atoms with E-state index in [0.717, 1.165) is 164 Å². The maximum atomic E-state index is 13.3. The van der Waals surface area contributed by atoms with Gasteiger partial charge in [-0.2, -0.15) is 0 Å². The lowest BCUT2D eigenvalue weighted by Gasteiger charge is -2.31. The van der Waals surface area contributed by atoms with Gasteiger partial charge in [-0.05, 0) is 330 Å². The molecule has 0 saturated heterocycles. The number of unbranched alkanes of at least 4 members (excludes halogenated alkanes) is 39. The summed E-state index contributed by atoms with van der Waals surface area (Å²) in [7, 11) is 0. The molecule has 0 amide bonds. The van der Waals surface area contributed by atoms with Gasteiger partial charge in [0.2, 0.25) is 0 Å². The van der Waals surface area contributed by atoms with Gasteiger partial charge in [-0.25, -0.2) is 8.78 Å². The molecule has 0 aliphatic heterocycles. The average Bonchev–Trinajstić information content (AvgIpc) is 1.81. The standard InChI is InChI=1S/C18H34O.2C17H32O.C17H30O.C15H28O.2C11H17FO.2C11H18O/c1-3-4-13-17-15-18(17)14-11-9-7-5-6-8-10-12-16(2)19;3*1-3-4-5-6-7-8-9-10-11-12-13-14-15-16-17(2)18;1-3-4-5-6-7-8-9-10-11-12-13-14-15(2)16;2*1-8(13)10(12)9-5-4-6-11(2,3)7-9;2*1-9(12)7-10-5-4-6-11(2,3)8-10/h17-18H,3-15H2,1-2H3;8-9H,3-7,10-16H2,1-2H3;6-7H,3-5,8-16H2,1-2H3;5-8H,3-4,9-16H2,1-2H3;6-7H,3-5,8-14H2,1-2H3;2*4-7H2,1-3H3;2*7H,4-6,8H2,1-3H3/b;9-8-;7-6-;6-5+,8-7+;7-6-;10-9+;10-9-;10-7+;10-7-/t17-,18+;;;;;;;;/m0......../s1. The van der Waals surface area contributed by atoms with Gasteiger partial charge in [-0.15, -0.1) is 0 Å². The molecule has 0 unspecified atom stereocenters. The molecule has 0 aromatic carbocycles. The maximum absolute atomic E-state index is 13.3. The van der Waals surface area contributed by atoms with Crippen LogP contribution in [-0.2, 0) is 43.2 Å². The van der Waals surface area contributed by atoms with Crippen molar-refractivity contribution in [2.75, 3.05) is 0 Å². The van der Waals surface area contributed by atoms with Crippen LogP contribution in [0.1, 0.15) is 621 Å². The molecule has 0 aromatic rings. The van der Waals surface area contributed by atoms with Gasteiger partial charge in [0, 0.05) is 46.0 Å². The minimum atomic E-state index is -0.493. The van der Waals surface area contributed by atoms with Crippen LogP contribution >= 0.6 is 0 Å². The van der Waals surface area contributed by atoms with Crippen LogP contribution < -0.4 is 0 Å². The number of ketones is 9. The molecule has 0 N–H and O–H groups in total. The SMILES string of the molecule is CC(=O)/C(F)=C1/CCCC(C)(C)C1.CC(=O)/C(F)=C1\CCCC(C)(C)C1.CC(=O)/C=C1/CCCC(C)(C)C1.CC(=O)/C=C1\CCCC(C)(C)C1.CCC/C=C/C=C/CCCCCCCCC(C)=O.CCCC/C=C\CCCCCCCC(C)=O.CCCC/C=C\CCCCCCCCCC(C)=O.CCCCCC/C=C\CCCCCCCC(C)=O.CCCC[C@H]1C[C@H]1CCCCCCCCCC(C)=O. The first kappa shape index (κ1) is 140. The molecule has 0 radical (unpaired) electrons. The fourth-order valence-electron chi connectivity index (χ4n) is 18.8. The van der Waals surface area contributed by atoms with Crippen molar-refractivity contribution in [1.82, 2.24) is 0 Å². The molecule has 0 spiro atoms. The summed E-state index contributed by atoms with van der Waals surface area (Å²) in [6, 6.07) is 0. The van der Waals surface area contributed by atoms with Gasteiger partial charge in [-0.3, -0.25) is 19.2 Å². The molecule has 5 aliphatic rings. The second-order valence-corrected chi connectivity index (χ2v) is 45.5. The number of hydrogen-bond donors (Lipinski definition) is 0. The predicted molar refractivity (Wildman–Crippen MR) is 602 cm³/mol. The van der Waals surface area contributed by atoms with Gasteiger partial charge in [0.05, 0.1) is 0 Å². The normalized spacial score (nSPS) is 17.9. The Hall–Kier alpha value is -5.45. The van der Waals surface area contributed by atoms with Crippen molar-refractivity contribution in [3.05, 3.63) is 107 Å². The molecule has 139 heavy (non-hydrogen) atoms. The van der Waals surface area contributed by atoms with Gasteiger partial charge in [-0.1, -0.05) is 374 Å². The van der Waals surface area contributed by atoms with Crippen molar-refractivity contribution in [3.63, 3.8) is 0 Å². The fourth-order valence-corrected chi connectivity index (χ4v) is 18.8. The molecule has 0 bridgehead atoms. The van der Waals surface area contributed by atoms with E-state index in [1.807, 2.05) is 12.2 Å². The number of carbonyl (C=O) groups is 9. The smallest absolute Gasteiger partial charge is 0.188 e. The van der Waals surface area contributed by atoms with Gasteiger partial charge in [0.25, 0.3) is 0 Å². The molecule has 5 saturated carbocycles. The summed E-state index contributed by atoms with van der Waals surface area (Å²) in [5, 5.41) is 0. The van der Waals surface area contributed by atoms with Crippen molar-refractivity contribution >= 4 is 52.0 Å². The number of rotatable bonds is 66. The second kappa shape index (κ2) is 96.0. The largest absolute Gasteiger partial charge is 0.300 e. The molecule has 5 fully saturated rings. The van der Waals surface area contributed by atoms with E-state index in [0.29, 0.717) is 39.7 Å². The van der Waals surface area contributed by atoms with Crippen LogP contribution in [0, 0.1) is 33.5 Å². The summed E-state index contributed by atoms with van der Waals surface area (Å²) in [6.45, 7) is 43.1. The Morgan fingerprint density at radius 3 is 0.741 bits per heavy atom. The molecule has 5 rings (SSSR count). The fraction of sp³-hybridized carbons (Fsp3) is 0.789. The summed E-state index contributed by atoms with van der Waals surface area (Å²) < 4.78 is 26.6. The summed E-state index contributed by atoms with van der Waals surface area (Å²) in [4.78, 5) is 97.0. The zero-order chi connectivity index (χ0) is 105. The maximum Gasteiger partial charge on any atom is 0.188 e.